The van der Waals surface area contributed by atoms with Crippen LogP contribution in [0.4, 0.5) is 4.39 Å². The number of benzene rings is 3. The van der Waals surface area contributed by atoms with Crippen LogP contribution in [0.3, 0.4) is 0 Å². The Morgan fingerprint density at radius 3 is 2.51 bits per heavy atom. The summed E-state index contributed by atoms with van der Waals surface area (Å²) < 4.78 is 42.7. The number of amides is 1. The smallest absolute Gasteiger partial charge is 0.263 e. The van der Waals surface area contributed by atoms with Crippen LogP contribution in [0.2, 0.25) is 0 Å². The Morgan fingerprint density at radius 2 is 1.91 bits per heavy atom. The number of H-pyrrole nitrogens is 1. The average Bonchev–Trinajstić information content (AvgIpc) is 3.16. The van der Waals surface area contributed by atoms with Crippen LogP contribution in [0.15, 0.2) is 60.1 Å². The van der Waals surface area contributed by atoms with E-state index < -0.39 is 27.3 Å². The van der Waals surface area contributed by atoms with Gasteiger partial charge in [-0.05, 0) is 55.7 Å². The molecular weight excluding hydrogens is 469 g/mol. The second-order valence-electron chi connectivity index (χ2n) is 8.97. The van der Waals surface area contributed by atoms with Crippen molar-refractivity contribution in [2.24, 2.45) is 5.73 Å². The molecular formula is C26H26FN3O4S. The normalized spacial score (nSPS) is 12.3. The van der Waals surface area contributed by atoms with E-state index in [1.54, 1.807) is 51.1 Å². The zero-order chi connectivity index (χ0) is 25.9. The second kappa shape index (κ2) is 8.21. The third-order valence-electron chi connectivity index (χ3n) is 6.27. The Hall–Kier alpha value is -3.69. The highest BCUT2D eigenvalue weighted by atomic mass is 32.2. The Morgan fingerprint density at radius 1 is 1.23 bits per heavy atom. The minimum absolute atomic E-state index is 0.00749. The monoisotopic (exact) mass is 495 g/mol. The molecule has 0 saturated carbocycles. The summed E-state index contributed by atoms with van der Waals surface area (Å²) in [7, 11) is -2.54. The lowest BCUT2D eigenvalue weighted by atomic mass is 9.92. The van der Waals surface area contributed by atoms with Crippen molar-refractivity contribution < 1.29 is 22.7 Å². The molecule has 1 amide bonds. The van der Waals surface area contributed by atoms with Gasteiger partial charge < -0.3 is 15.8 Å². The molecule has 0 atom stereocenters. The molecule has 0 aliphatic heterocycles. The lowest BCUT2D eigenvalue weighted by Crippen LogP contribution is -2.22. The molecule has 0 saturated heterocycles. The molecule has 4 rings (SSSR count). The summed E-state index contributed by atoms with van der Waals surface area (Å²) in [6.07, 6.45) is 1.18. The van der Waals surface area contributed by atoms with Crippen LogP contribution >= 0.6 is 0 Å². The van der Waals surface area contributed by atoms with Gasteiger partial charge in [0.15, 0.2) is 0 Å². The minimum atomic E-state index is -3.91. The third kappa shape index (κ3) is 3.86. The first-order valence-corrected chi connectivity index (χ1v) is 12.2. The first-order valence-electron chi connectivity index (χ1n) is 10.8. The number of hydrogen-bond donors (Lipinski definition) is 3. The van der Waals surface area contributed by atoms with Crippen molar-refractivity contribution in [2.75, 3.05) is 7.05 Å². The van der Waals surface area contributed by atoms with Gasteiger partial charge in [-0.2, -0.15) is 0 Å². The Balaban J connectivity index is 2.14. The average molecular weight is 496 g/mol. The van der Waals surface area contributed by atoms with Gasteiger partial charge in [0.05, 0.1) is 21.6 Å². The van der Waals surface area contributed by atoms with Gasteiger partial charge in [0, 0.05) is 35.1 Å². The zero-order valence-corrected chi connectivity index (χ0v) is 20.6. The zero-order valence-electron chi connectivity index (χ0n) is 19.8. The van der Waals surface area contributed by atoms with E-state index in [1.807, 2.05) is 0 Å². The van der Waals surface area contributed by atoms with Crippen LogP contribution in [0.5, 0.6) is 0 Å². The molecule has 4 aromatic rings. The van der Waals surface area contributed by atoms with E-state index in [-0.39, 0.29) is 16.0 Å². The summed E-state index contributed by atoms with van der Waals surface area (Å²) in [6.45, 7) is 8.41. The molecule has 3 aromatic carbocycles. The lowest BCUT2D eigenvalue weighted by Gasteiger charge is -2.19. The van der Waals surface area contributed by atoms with E-state index in [2.05, 4.69) is 11.6 Å². The van der Waals surface area contributed by atoms with Crippen LogP contribution in [-0.2, 0) is 15.6 Å². The SMILES string of the molecule is C=CN(C)S(=O)(=O)c1cccc(-c2c(F)cc(C(N)=O)c3[nH]c4cc(C(C)(C)O)ccc4c23)c1C. The van der Waals surface area contributed by atoms with Crippen LogP contribution in [0.25, 0.3) is 32.9 Å². The molecule has 7 nitrogen and oxygen atoms in total. The van der Waals surface area contributed by atoms with Crippen molar-refractivity contribution in [1.82, 2.24) is 9.29 Å². The van der Waals surface area contributed by atoms with E-state index in [0.29, 0.717) is 38.5 Å². The number of aromatic amines is 1. The predicted octanol–water partition coefficient (Wildman–Crippen LogP) is 4.53. The summed E-state index contributed by atoms with van der Waals surface area (Å²) in [6, 6.07) is 10.9. The number of nitrogens with two attached hydrogens (primary N) is 1. The van der Waals surface area contributed by atoms with E-state index in [4.69, 9.17) is 5.73 Å². The van der Waals surface area contributed by atoms with Gasteiger partial charge in [0.25, 0.3) is 15.9 Å². The number of nitrogens with one attached hydrogen (secondary N) is 1. The number of sulfonamides is 1. The molecule has 0 radical (unpaired) electrons. The molecule has 1 aromatic heterocycles. The quantitative estimate of drug-likeness (QED) is 0.364. The van der Waals surface area contributed by atoms with Crippen molar-refractivity contribution in [3.63, 3.8) is 0 Å². The molecule has 0 spiro atoms. The molecule has 9 heteroatoms. The number of halogens is 1. The largest absolute Gasteiger partial charge is 0.386 e. The number of fused-ring (bicyclic) bond motifs is 3. The maximum absolute atomic E-state index is 15.7. The minimum Gasteiger partial charge on any atom is -0.386 e. The number of aliphatic hydroxyl groups is 1. The number of hydrogen-bond acceptors (Lipinski definition) is 4. The fourth-order valence-electron chi connectivity index (χ4n) is 4.31. The van der Waals surface area contributed by atoms with Gasteiger partial charge in [-0.15, -0.1) is 0 Å². The molecule has 4 N–H and O–H groups in total. The first kappa shape index (κ1) is 24.4. The van der Waals surface area contributed by atoms with Crippen molar-refractivity contribution in [3.8, 4) is 11.1 Å². The molecule has 0 aliphatic carbocycles. The summed E-state index contributed by atoms with van der Waals surface area (Å²) in [5.41, 5.74) is 6.76. The number of aromatic nitrogens is 1. The van der Waals surface area contributed by atoms with Crippen molar-refractivity contribution in [2.45, 2.75) is 31.3 Å². The van der Waals surface area contributed by atoms with Gasteiger partial charge in [0.1, 0.15) is 5.82 Å². The summed E-state index contributed by atoms with van der Waals surface area (Å²) in [5.74, 6) is -1.52. The fraction of sp³-hybridized carbons (Fsp3) is 0.192. The maximum atomic E-state index is 15.7. The number of rotatable bonds is 6. The number of carbonyl (C=O) groups is 1. The first-order chi connectivity index (χ1) is 16.3. The Bertz CT molecular complexity index is 1630. The molecule has 35 heavy (non-hydrogen) atoms. The third-order valence-corrected chi connectivity index (χ3v) is 8.17. The van der Waals surface area contributed by atoms with Gasteiger partial charge >= 0.3 is 0 Å². The van der Waals surface area contributed by atoms with E-state index in [9.17, 15) is 18.3 Å². The molecule has 0 fully saturated rings. The highest BCUT2D eigenvalue weighted by Gasteiger charge is 2.26. The highest BCUT2D eigenvalue weighted by Crippen LogP contribution is 2.41. The van der Waals surface area contributed by atoms with Crippen molar-refractivity contribution >= 4 is 37.7 Å². The van der Waals surface area contributed by atoms with Crippen molar-refractivity contribution in [1.29, 1.82) is 0 Å². The fourth-order valence-corrected chi connectivity index (χ4v) is 5.56. The van der Waals surface area contributed by atoms with Crippen LogP contribution in [0, 0.1) is 12.7 Å². The molecule has 0 unspecified atom stereocenters. The van der Waals surface area contributed by atoms with E-state index in [0.717, 1.165) is 10.4 Å². The number of primary amides is 1. The van der Waals surface area contributed by atoms with E-state index in [1.165, 1.54) is 19.3 Å². The summed E-state index contributed by atoms with van der Waals surface area (Å²) in [5, 5.41) is 11.4. The molecule has 182 valence electrons. The second-order valence-corrected chi connectivity index (χ2v) is 10.9. The van der Waals surface area contributed by atoms with Crippen LogP contribution < -0.4 is 5.73 Å². The lowest BCUT2D eigenvalue weighted by molar-refractivity contribution is 0.0787. The summed E-state index contributed by atoms with van der Waals surface area (Å²) in [4.78, 5) is 15.3. The predicted molar refractivity (Wildman–Crippen MR) is 135 cm³/mol. The van der Waals surface area contributed by atoms with Gasteiger partial charge in [-0.3, -0.25) is 9.10 Å². The topological polar surface area (TPSA) is 116 Å². The maximum Gasteiger partial charge on any atom is 0.263 e. The number of carbonyl (C=O) groups excluding carboxylic acids is 1. The Labute approximate surface area is 202 Å². The van der Waals surface area contributed by atoms with Gasteiger partial charge in [0.2, 0.25) is 0 Å². The summed E-state index contributed by atoms with van der Waals surface area (Å²) >= 11 is 0. The van der Waals surface area contributed by atoms with E-state index >= 15 is 4.39 Å². The van der Waals surface area contributed by atoms with Gasteiger partial charge in [-0.1, -0.05) is 30.8 Å². The molecule has 1 heterocycles. The van der Waals surface area contributed by atoms with Gasteiger partial charge in [-0.25, -0.2) is 12.8 Å². The Kier molecular flexibility index (Phi) is 5.73. The van der Waals surface area contributed by atoms with Crippen LogP contribution in [0.1, 0.15) is 35.3 Å². The van der Waals surface area contributed by atoms with Crippen LogP contribution in [-0.4, -0.2) is 35.8 Å². The molecule has 0 aliphatic rings. The molecule has 0 bridgehead atoms. The van der Waals surface area contributed by atoms with Crippen molar-refractivity contribution in [3.05, 3.63) is 77.8 Å². The highest BCUT2D eigenvalue weighted by molar-refractivity contribution is 7.89. The standard InChI is InChI=1S/C26H26FN3O4S/c1-6-30(5)35(33,34)21-9-7-8-16(14(21)2)22-19(27)13-18(25(28)31)24-23(22)17-11-10-15(26(3,4)32)12-20(17)29-24/h6-13,29,32H,1H2,2-5H3,(H2,28,31). The number of nitrogens with zero attached hydrogens (tertiary/aromatic N) is 1.